The first kappa shape index (κ1) is 11.7. The van der Waals surface area contributed by atoms with Crippen LogP contribution in [0.3, 0.4) is 0 Å². The molecule has 1 saturated carbocycles. The predicted molar refractivity (Wildman–Crippen MR) is 69.7 cm³/mol. The normalized spacial score (nSPS) is 19.6. The Bertz CT molecular complexity index is 379. The third-order valence-electron chi connectivity index (χ3n) is 4.20. The van der Waals surface area contributed by atoms with E-state index >= 15 is 0 Å². The number of aryl methyl sites for hydroxylation is 3. The molecule has 1 unspecified atom stereocenters. The molecule has 1 nitrogen and oxygen atoms in total. The standard InChI is InChI=1S/C15H23N/c1-10-7-11(2)13(12(3)8-10)9-14(16)15(4)5-6-15/h7-8,14H,5-6,9,16H2,1-4H3. The van der Waals surface area contributed by atoms with Crippen molar-refractivity contribution in [2.45, 2.75) is 53.0 Å². The number of nitrogens with two attached hydrogens (primary N) is 1. The lowest BCUT2D eigenvalue weighted by molar-refractivity contribution is 0.432. The fourth-order valence-electron chi connectivity index (χ4n) is 2.57. The Labute approximate surface area is 99.0 Å². The van der Waals surface area contributed by atoms with Crippen molar-refractivity contribution < 1.29 is 0 Å². The maximum atomic E-state index is 6.32. The summed E-state index contributed by atoms with van der Waals surface area (Å²) in [4.78, 5) is 0. The number of hydrogen-bond donors (Lipinski definition) is 1. The average molecular weight is 217 g/mol. The van der Waals surface area contributed by atoms with Crippen LogP contribution in [-0.2, 0) is 6.42 Å². The first-order valence-corrected chi connectivity index (χ1v) is 6.25. The molecule has 1 aliphatic rings. The highest BCUT2D eigenvalue weighted by molar-refractivity contribution is 5.38. The maximum absolute atomic E-state index is 6.32. The van der Waals surface area contributed by atoms with E-state index in [1.54, 1.807) is 0 Å². The van der Waals surface area contributed by atoms with E-state index in [0.717, 1.165) is 6.42 Å². The highest BCUT2D eigenvalue weighted by Gasteiger charge is 2.42. The quantitative estimate of drug-likeness (QED) is 0.826. The zero-order valence-electron chi connectivity index (χ0n) is 10.9. The largest absolute Gasteiger partial charge is 0.327 e. The summed E-state index contributed by atoms with van der Waals surface area (Å²) >= 11 is 0. The van der Waals surface area contributed by atoms with Gasteiger partial charge in [0.25, 0.3) is 0 Å². The minimum Gasteiger partial charge on any atom is -0.327 e. The van der Waals surface area contributed by atoms with Crippen LogP contribution in [0.4, 0.5) is 0 Å². The lowest BCUT2D eigenvalue weighted by Crippen LogP contribution is -2.32. The molecule has 16 heavy (non-hydrogen) atoms. The molecule has 0 spiro atoms. The van der Waals surface area contributed by atoms with Gasteiger partial charge in [0.15, 0.2) is 0 Å². The molecule has 1 atom stereocenters. The summed E-state index contributed by atoms with van der Waals surface area (Å²) < 4.78 is 0. The van der Waals surface area contributed by atoms with Gasteiger partial charge in [-0.05, 0) is 62.1 Å². The molecule has 88 valence electrons. The zero-order chi connectivity index (χ0) is 11.9. The predicted octanol–water partition coefficient (Wildman–Crippen LogP) is 3.28. The van der Waals surface area contributed by atoms with Crippen LogP contribution in [0.2, 0.25) is 0 Å². The highest BCUT2D eigenvalue weighted by atomic mass is 14.7. The second-order valence-electron chi connectivity index (χ2n) is 5.84. The molecule has 1 aromatic rings. The second kappa shape index (κ2) is 3.89. The SMILES string of the molecule is Cc1cc(C)c(CC(N)C2(C)CC2)c(C)c1. The summed E-state index contributed by atoms with van der Waals surface area (Å²) in [6.07, 6.45) is 3.64. The molecule has 0 saturated heterocycles. The fourth-order valence-corrected chi connectivity index (χ4v) is 2.57. The molecule has 0 heterocycles. The number of hydrogen-bond acceptors (Lipinski definition) is 1. The molecule has 0 aliphatic heterocycles. The van der Waals surface area contributed by atoms with Gasteiger partial charge < -0.3 is 5.73 Å². The lowest BCUT2D eigenvalue weighted by Gasteiger charge is -2.21. The van der Waals surface area contributed by atoms with Crippen LogP contribution in [0.15, 0.2) is 12.1 Å². The molecule has 0 aromatic heterocycles. The summed E-state index contributed by atoms with van der Waals surface area (Å²) in [6.45, 7) is 8.89. The van der Waals surface area contributed by atoms with Crippen LogP contribution >= 0.6 is 0 Å². The summed E-state index contributed by atoms with van der Waals surface area (Å²) in [5.74, 6) is 0. The Morgan fingerprint density at radius 1 is 1.19 bits per heavy atom. The van der Waals surface area contributed by atoms with E-state index in [-0.39, 0.29) is 0 Å². The highest BCUT2D eigenvalue weighted by Crippen LogP contribution is 2.48. The van der Waals surface area contributed by atoms with E-state index in [2.05, 4.69) is 39.8 Å². The second-order valence-corrected chi connectivity index (χ2v) is 5.84. The summed E-state index contributed by atoms with van der Waals surface area (Å²) in [5.41, 5.74) is 12.4. The number of benzene rings is 1. The Hall–Kier alpha value is -0.820. The van der Waals surface area contributed by atoms with Gasteiger partial charge in [-0.3, -0.25) is 0 Å². The summed E-state index contributed by atoms with van der Waals surface area (Å²) in [7, 11) is 0. The lowest BCUT2D eigenvalue weighted by atomic mass is 9.88. The molecule has 2 rings (SSSR count). The van der Waals surface area contributed by atoms with Gasteiger partial charge in [0.1, 0.15) is 0 Å². The minimum absolute atomic E-state index is 0.326. The Kier molecular flexibility index (Phi) is 2.83. The van der Waals surface area contributed by atoms with Crippen molar-refractivity contribution in [3.8, 4) is 0 Å². The van der Waals surface area contributed by atoms with Crippen molar-refractivity contribution in [3.63, 3.8) is 0 Å². The van der Waals surface area contributed by atoms with Crippen LogP contribution in [0.25, 0.3) is 0 Å². The van der Waals surface area contributed by atoms with Crippen LogP contribution in [0.5, 0.6) is 0 Å². The van der Waals surface area contributed by atoms with Crippen molar-refractivity contribution in [3.05, 3.63) is 34.4 Å². The third-order valence-corrected chi connectivity index (χ3v) is 4.20. The third kappa shape index (κ3) is 2.15. The first-order chi connectivity index (χ1) is 7.42. The fraction of sp³-hybridized carbons (Fsp3) is 0.600. The average Bonchev–Trinajstić information content (AvgIpc) is 2.91. The molecule has 1 aromatic carbocycles. The van der Waals surface area contributed by atoms with Gasteiger partial charge in [-0.15, -0.1) is 0 Å². The molecule has 0 bridgehead atoms. The van der Waals surface area contributed by atoms with Crippen LogP contribution in [0, 0.1) is 26.2 Å². The van der Waals surface area contributed by atoms with Crippen molar-refractivity contribution in [1.29, 1.82) is 0 Å². The van der Waals surface area contributed by atoms with E-state index in [9.17, 15) is 0 Å². The van der Waals surface area contributed by atoms with Gasteiger partial charge in [0.2, 0.25) is 0 Å². The zero-order valence-corrected chi connectivity index (χ0v) is 10.9. The van der Waals surface area contributed by atoms with Crippen molar-refractivity contribution in [2.75, 3.05) is 0 Å². The Morgan fingerprint density at radius 3 is 2.12 bits per heavy atom. The molecule has 1 aliphatic carbocycles. The molecule has 0 radical (unpaired) electrons. The molecule has 0 amide bonds. The van der Waals surface area contributed by atoms with Crippen LogP contribution < -0.4 is 5.73 Å². The van der Waals surface area contributed by atoms with E-state index in [0.29, 0.717) is 11.5 Å². The molecule has 1 fully saturated rings. The van der Waals surface area contributed by atoms with E-state index in [1.807, 2.05) is 0 Å². The Balaban J connectivity index is 2.21. The van der Waals surface area contributed by atoms with Gasteiger partial charge in [0, 0.05) is 6.04 Å². The Morgan fingerprint density at radius 2 is 1.69 bits per heavy atom. The first-order valence-electron chi connectivity index (χ1n) is 6.25. The van der Waals surface area contributed by atoms with E-state index < -0.39 is 0 Å². The van der Waals surface area contributed by atoms with Gasteiger partial charge >= 0.3 is 0 Å². The molecule has 1 heteroatoms. The molecular formula is C15H23N. The van der Waals surface area contributed by atoms with E-state index in [4.69, 9.17) is 5.73 Å². The van der Waals surface area contributed by atoms with Crippen LogP contribution in [0.1, 0.15) is 42.0 Å². The van der Waals surface area contributed by atoms with Crippen molar-refractivity contribution >= 4 is 0 Å². The van der Waals surface area contributed by atoms with Gasteiger partial charge in [-0.25, -0.2) is 0 Å². The van der Waals surface area contributed by atoms with Gasteiger partial charge in [-0.1, -0.05) is 24.6 Å². The molecular weight excluding hydrogens is 194 g/mol. The smallest absolute Gasteiger partial charge is 0.0134 e. The number of rotatable bonds is 3. The minimum atomic E-state index is 0.326. The van der Waals surface area contributed by atoms with Gasteiger partial charge in [-0.2, -0.15) is 0 Å². The van der Waals surface area contributed by atoms with Crippen LogP contribution in [-0.4, -0.2) is 6.04 Å². The maximum Gasteiger partial charge on any atom is 0.0134 e. The van der Waals surface area contributed by atoms with Crippen molar-refractivity contribution in [2.24, 2.45) is 11.1 Å². The van der Waals surface area contributed by atoms with Crippen molar-refractivity contribution in [1.82, 2.24) is 0 Å². The van der Waals surface area contributed by atoms with Gasteiger partial charge in [0.05, 0.1) is 0 Å². The molecule has 2 N–H and O–H groups in total. The topological polar surface area (TPSA) is 26.0 Å². The summed E-state index contributed by atoms with van der Waals surface area (Å²) in [5, 5.41) is 0. The van der Waals surface area contributed by atoms with E-state index in [1.165, 1.54) is 35.1 Å². The summed E-state index contributed by atoms with van der Waals surface area (Å²) in [6, 6.07) is 4.86. The monoisotopic (exact) mass is 217 g/mol.